The molecule has 0 amide bonds. The van der Waals surface area contributed by atoms with Crippen LogP contribution in [0.5, 0.6) is 17.2 Å². The molecule has 1 saturated heterocycles. The normalized spacial score (nSPS) is 16.0. The molecule has 146 valence electrons. The highest BCUT2D eigenvalue weighted by Gasteiger charge is 2.31. The molecule has 1 aliphatic rings. The minimum absolute atomic E-state index is 0.0848. The van der Waals surface area contributed by atoms with Crippen molar-refractivity contribution in [1.29, 1.82) is 0 Å². The Bertz CT molecular complexity index is 741. The molecular weight excluding hydrogens is 364 g/mol. The largest absolute Gasteiger partial charge is 0.496 e. The minimum Gasteiger partial charge on any atom is -0.496 e. The van der Waals surface area contributed by atoms with Crippen LogP contribution in [-0.2, 0) is 0 Å². The molecule has 2 aromatic rings. The van der Waals surface area contributed by atoms with Gasteiger partial charge < -0.3 is 19.5 Å². The van der Waals surface area contributed by atoms with Crippen molar-refractivity contribution in [2.45, 2.75) is 13.0 Å². The maximum atomic E-state index is 6.39. The molecule has 1 heterocycles. The second kappa shape index (κ2) is 9.31. The summed E-state index contributed by atoms with van der Waals surface area (Å²) >= 11 is 6.39. The van der Waals surface area contributed by atoms with Gasteiger partial charge in [0.1, 0.15) is 17.2 Å². The molecule has 1 atom stereocenters. The van der Waals surface area contributed by atoms with Crippen molar-refractivity contribution in [2.24, 2.45) is 0 Å². The first kappa shape index (κ1) is 19.8. The van der Waals surface area contributed by atoms with Crippen molar-refractivity contribution in [2.75, 3.05) is 47.0 Å². The second-order valence-electron chi connectivity index (χ2n) is 6.38. The summed E-state index contributed by atoms with van der Waals surface area (Å²) < 4.78 is 17.4. The van der Waals surface area contributed by atoms with E-state index < -0.39 is 0 Å². The zero-order valence-corrected chi connectivity index (χ0v) is 16.9. The molecule has 1 unspecified atom stereocenters. The fraction of sp³-hybridized carbons (Fsp3) is 0.429. The summed E-state index contributed by atoms with van der Waals surface area (Å²) in [7, 11) is 3.38. The van der Waals surface area contributed by atoms with Gasteiger partial charge in [0, 0.05) is 36.8 Å². The van der Waals surface area contributed by atoms with Crippen LogP contribution in [0.15, 0.2) is 36.4 Å². The molecule has 0 saturated carbocycles. The van der Waals surface area contributed by atoms with Crippen LogP contribution in [0.1, 0.15) is 24.1 Å². The van der Waals surface area contributed by atoms with Crippen LogP contribution >= 0.6 is 11.6 Å². The van der Waals surface area contributed by atoms with Crippen molar-refractivity contribution in [3.8, 4) is 17.2 Å². The molecule has 0 aromatic heterocycles. The molecular formula is C21H27ClN2O3. The third-order valence-electron chi connectivity index (χ3n) is 4.82. The van der Waals surface area contributed by atoms with Gasteiger partial charge in [-0.25, -0.2) is 0 Å². The Morgan fingerprint density at radius 2 is 1.70 bits per heavy atom. The molecule has 0 spiro atoms. The number of methoxy groups -OCH3 is 2. The number of hydrogen-bond acceptors (Lipinski definition) is 5. The first-order valence-corrected chi connectivity index (χ1v) is 9.65. The summed E-state index contributed by atoms with van der Waals surface area (Å²) in [5.41, 5.74) is 2.02. The summed E-state index contributed by atoms with van der Waals surface area (Å²) in [6, 6.07) is 11.6. The number of rotatable bonds is 7. The molecule has 3 rings (SSSR count). The van der Waals surface area contributed by atoms with Crippen LogP contribution in [0.25, 0.3) is 0 Å². The molecule has 0 bridgehead atoms. The summed E-state index contributed by atoms with van der Waals surface area (Å²) in [6.45, 7) is 6.25. The Hall–Kier alpha value is -1.95. The monoisotopic (exact) mass is 390 g/mol. The average molecular weight is 391 g/mol. The van der Waals surface area contributed by atoms with Crippen LogP contribution in [0, 0.1) is 0 Å². The van der Waals surface area contributed by atoms with E-state index in [4.69, 9.17) is 25.8 Å². The number of ether oxygens (including phenoxy) is 3. The third-order valence-corrected chi connectivity index (χ3v) is 5.06. The zero-order valence-electron chi connectivity index (χ0n) is 16.1. The lowest BCUT2D eigenvalue weighted by Crippen LogP contribution is -2.45. The number of hydrogen-bond donors (Lipinski definition) is 1. The van der Waals surface area contributed by atoms with Crippen molar-refractivity contribution < 1.29 is 14.2 Å². The molecule has 1 N–H and O–H groups in total. The predicted molar refractivity (Wildman–Crippen MR) is 108 cm³/mol. The van der Waals surface area contributed by atoms with Gasteiger partial charge >= 0.3 is 0 Å². The molecule has 1 fully saturated rings. The van der Waals surface area contributed by atoms with E-state index in [2.05, 4.69) is 10.2 Å². The molecule has 1 aliphatic heterocycles. The van der Waals surface area contributed by atoms with E-state index in [9.17, 15) is 0 Å². The first-order chi connectivity index (χ1) is 13.2. The Morgan fingerprint density at radius 1 is 1.04 bits per heavy atom. The van der Waals surface area contributed by atoms with Crippen LogP contribution in [0.2, 0.25) is 5.02 Å². The minimum atomic E-state index is -0.0848. The fourth-order valence-electron chi connectivity index (χ4n) is 3.64. The van der Waals surface area contributed by atoms with Crippen molar-refractivity contribution >= 4 is 11.6 Å². The van der Waals surface area contributed by atoms with E-state index in [1.165, 1.54) is 0 Å². The lowest BCUT2D eigenvalue weighted by Gasteiger charge is -2.37. The lowest BCUT2D eigenvalue weighted by atomic mass is 9.93. The highest BCUT2D eigenvalue weighted by atomic mass is 35.5. The zero-order chi connectivity index (χ0) is 19.2. The number of nitrogens with one attached hydrogen (secondary N) is 1. The van der Waals surface area contributed by atoms with Gasteiger partial charge in [0.25, 0.3) is 0 Å². The van der Waals surface area contributed by atoms with Crippen molar-refractivity contribution in [1.82, 2.24) is 10.2 Å². The number of piperazine rings is 1. The maximum Gasteiger partial charge on any atom is 0.127 e. The average Bonchev–Trinajstić information content (AvgIpc) is 2.71. The van der Waals surface area contributed by atoms with Gasteiger partial charge in [-0.15, -0.1) is 0 Å². The van der Waals surface area contributed by atoms with Crippen LogP contribution < -0.4 is 19.5 Å². The van der Waals surface area contributed by atoms with Gasteiger partial charge in [0.2, 0.25) is 0 Å². The van der Waals surface area contributed by atoms with Gasteiger partial charge in [0.15, 0.2) is 0 Å². The van der Waals surface area contributed by atoms with Gasteiger partial charge in [-0.1, -0.05) is 17.7 Å². The standard InChI is InChI=1S/C21H27ClN2O3/c1-4-27-17-9-8-15(22)14-16(17)21(24-12-10-23-11-13-24)20-18(25-2)6-5-7-19(20)26-3/h5-9,14,21,23H,4,10-13H2,1-3H3. The number of benzene rings is 2. The van der Waals surface area contributed by atoms with E-state index in [0.717, 1.165) is 54.6 Å². The van der Waals surface area contributed by atoms with E-state index in [1.54, 1.807) is 14.2 Å². The van der Waals surface area contributed by atoms with Crippen LogP contribution in [0.3, 0.4) is 0 Å². The summed E-state index contributed by atoms with van der Waals surface area (Å²) in [5.74, 6) is 2.42. The Labute approximate surface area is 166 Å². The molecule has 27 heavy (non-hydrogen) atoms. The Kier molecular flexibility index (Phi) is 6.83. The fourth-order valence-corrected chi connectivity index (χ4v) is 3.82. The highest BCUT2D eigenvalue weighted by molar-refractivity contribution is 6.30. The molecule has 0 radical (unpaired) electrons. The van der Waals surface area contributed by atoms with Gasteiger partial charge in [-0.2, -0.15) is 0 Å². The first-order valence-electron chi connectivity index (χ1n) is 9.27. The van der Waals surface area contributed by atoms with Crippen molar-refractivity contribution in [3.63, 3.8) is 0 Å². The van der Waals surface area contributed by atoms with Crippen molar-refractivity contribution in [3.05, 3.63) is 52.5 Å². The Morgan fingerprint density at radius 3 is 2.30 bits per heavy atom. The maximum absolute atomic E-state index is 6.39. The van der Waals surface area contributed by atoms with Crippen LogP contribution in [-0.4, -0.2) is 51.9 Å². The number of halogens is 1. The SMILES string of the molecule is CCOc1ccc(Cl)cc1C(c1c(OC)cccc1OC)N1CCNCC1. The smallest absolute Gasteiger partial charge is 0.127 e. The topological polar surface area (TPSA) is 43.0 Å². The molecule has 0 aliphatic carbocycles. The Balaban J connectivity index is 2.21. The van der Waals surface area contributed by atoms with E-state index >= 15 is 0 Å². The highest BCUT2D eigenvalue weighted by Crippen LogP contribution is 2.44. The van der Waals surface area contributed by atoms with Crippen LogP contribution in [0.4, 0.5) is 0 Å². The van der Waals surface area contributed by atoms with Gasteiger partial charge in [-0.3, -0.25) is 4.90 Å². The summed E-state index contributed by atoms with van der Waals surface area (Å²) in [5, 5.41) is 4.10. The quantitative estimate of drug-likeness (QED) is 0.779. The molecule has 6 heteroatoms. The molecule has 5 nitrogen and oxygen atoms in total. The third kappa shape index (κ3) is 4.32. The number of nitrogens with zero attached hydrogens (tertiary/aromatic N) is 1. The lowest BCUT2D eigenvalue weighted by molar-refractivity contribution is 0.188. The van der Waals surface area contributed by atoms with E-state index in [0.29, 0.717) is 11.6 Å². The summed E-state index contributed by atoms with van der Waals surface area (Å²) in [6.07, 6.45) is 0. The van der Waals surface area contributed by atoms with Gasteiger partial charge in [-0.05, 0) is 37.3 Å². The van der Waals surface area contributed by atoms with E-state index in [-0.39, 0.29) is 6.04 Å². The summed E-state index contributed by atoms with van der Waals surface area (Å²) in [4.78, 5) is 2.42. The van der Waals surface area contributed by atoms with E-state index in [1.807, 2.05) is 43.3 Å². The predicted octanol–water partition coefficient (Wildman–Crippen LogP) is 3.75. The second-order valence-corrected chi connectivity index (χ2v) is 6.82. The molecule has 2 aromatic carbocycles. The van der Waals surface area contributed by atoms with Gasteiger partial charge in [0.05, 0.1) is 32.4 Å².